The van der Waals surface area contributed by atoms with E-state index in [-0.39, 0.29) is 29.4 Å². The molecule has 4 rings (SSSR count). The van der Waals surface area contributed by atoms with Gasteiger partial charge in [0.05, 0.1) is 22.0 Å². The first kappa shape index (κ1) is 22.3. The highest BCUT2D eigenvalue weighted by atomic mass is 79.9. The van der Waals surface area contributed by atoms with E-state index in [4.69, 9.17) is 4.74 Å². The van der Waals surface area contributed by atoms with Crippen molar-refractivity contribution in [2.24, 2.45) is 5.10 Å². The van der Waals surface area contributed by atoms with Gasteiger partial charge in [-0.2, -0.15) is 9.78 Å². The van der Waals surface area contributed by atoms with Crippen LogP contribution in [-0.2, 0) is 6.61 Å². The first-order valence-electron chi connectivity index (χ1n) is 9.71. The number of benzene rings is 3. The van der Waals surface area contributed by atoms with Crippen LogP contribution in [0, 0.1) is 22.9 Å². The SMILES string of the molecule is Cc1nc2ccc(Br)cc2c(=O)n1N=Cc1ccc(OCc2ccc(F)cc2)c([N+](=O)[O-])c1. The monoisotopic (exact) mass is 510 g/mol. The minimum atomic E-state index is -0.566. The molecule has 0 bridgehead atoms. The van der Waals surface area contributed by atoms with E-state index in [1.54, 1.807) is 43.3 Å². The number of nitro benzene ring substituents is 1. The summed E-state index contributed by atoms with van der Waals surface area (Å²) < 4.78 is 20.5. The normalized spacial score (nSPS) is 11.2. The van der Waals surface area contributed by atoms with Crippen LogP contribution in [0.2, 0.25) is 0 Å². The third kappa shape index (κ3) is 4.96. The summed E-state index contributed by atoms with van der Waals surface area (Å²) in [6.07, 6.45) is 1.34. The molecule has 0 saturated carbocycles. The van der Waals surface area contributed by atoms with Crippen LogP contribution in [0.25, 0.3) is 10.9 Å². The van der Waals surface area contributed by atoms with Gasteiger partial charge in [-0.15, -0.1) is 0 Å². The van der Waals surface area contributed by atoms with Crippen molar-refractivity contribution >= 4 is 38.7 Å². The maximum Gasteiger partial charge on any atom is 0.311 e. The van der Waals surface area contributed by atoms with Crippen molar-refractivity contribution < 1.29 is 14.1 Å². The summed E-state index contributed by atoms with van der Waals surface area (Å²) in [5.74, 6) is 0.0591. The number of rotatable bonds is 6. The molecular weight excluding hydrogens is 495 g/mol. The lowest BCUT2D eigenvalue weighted by atomic mass is 10.2. The molecule has 0 N–H and O–H groups in total. The molecule has 10 heteroatoms. The van der Waals surface area contributed by atoms with Gasteiger partial charge in [0, 0.05) is 16.1 Å². The Hall–Kier alpha value is -3.92. The van der Waals surface area contributed by atoms with Crippen LogP contribution in [-0.4, -0.2) is 20.8 Å². The number of aromatic nitrogens is 2. The smallest absolute Gasteiger partial charge is 0.311 e. The van der Waals surface area contributed by atoms with Gasteiger partial charge in [0.2, 0.25) is 0 Å². The van der Waals surface area contributed by atoms with E-state index in [0.29, 0.717) is 27.9 Å². The van der Waals surface area contributed by atoms with Crippen molar-refractivity contribution in [1.29, 1.82) is 0 Å². The van der Waals surface area contributed by atoms with Crippen molar-refractivity contribution in [3.8, 4) is 5.75 Å². The van der Waals surface area contributed by atoms with Gasteiger partial charge in [-0.25, -0.2) is 9.37 Å². The first-order valence-corrected chi connectivity index (χ1v) is 10.5. The average molecular weight is 511 g/mol. The maximum absolute atomic E-state index is 13.0. The van der Waals surface area contributed by atoms with Crippen LogP contribution >= 0.6 is 15.9 Å². The molecule has 0 spiro atoms. The highest BCUT2D eigenvalue weighted by Crippen LogP contribution is 2.28. The third-order valence-corrected chi connectivity index (χ3v) is 5.27. The van der Waals surface area contributed by atoms with Crippen LogP contribution in [0.1, 0.15) is 17.0 Å². The van der Waals surface area contributed by atoms with E-state index in [9.17, 15) is 19.3 Å². The Morgan fingerprint density at radius 3 is 2.67 bits per heavy atom. The highest BCUT2D eigenvalue weighted by Gasteiger charge is 2.16. The van der Waals surface area contributed by atoms with Crippen molar-refractivity contribution in [2.45, 2.75) is 13.5 Å². The second kappa shape index (κ2) is 9.29. The summed E-state index contributed by atoms with van der Waals surface area (Å²) in [7, 11) is 0. The molecular formula is C23H16BrFN4O4. The molecule has 0 radical (unpaired) electrons. The van der Waals surface area contributed by atoms with E-state index in [1.807, 2.05) is 0 Å². The Bertz CT molecular complexity index is 1450. The van der Waals surface area contributed by atoms with E-state index >= 15 is 0 Å². The molecule has 8 nitrogen and oxygen atoms in total. The Kier molecular flexibility index (Phi) is 6.27. The number of ether oxygens (including phenoxy) is 1. The summed E-state index contributed by atoms with van der Waals surface area (Å²) in [4.78, 5) is 28.2. The Balaban J connectivity index is 1.62. The third-order valence-electron chi connectivity index (χ3n) is 4.78. The van der Waals surface area contributed by atoms with Crippen molar-refractivity contribution in [3.05, 3.63) is 108 Å². The fraction of sp³-hybridized carbons (Fsp3) is 0.0870. The van der Waals surface area contributed by atoms with Crippen molar-refractivity contribution in [2.75, 3.05) is 0 Å². The van der Waals surface area contributed by atoms with Crippen LogP contribution in [0.15, 0.2) is 75.0 Å². The fourth-order valence-electron chi connectivity index (χ4n) is 3.14. The molecule has 33 heavy (non-hydrogen) atoms. The number of hydrogen-bond acceptors (Lipinski definition) is 6. The molecule has 4 aromatic rings. The van der Waals surface area contributed by atoms with Crippen LogP contribution in [0.3, 0.4) is 0 Å². The topological polar surface area (TPSA) is 99.6 Å². The summed E-state index contributed by atoms with van der Waals surface area (Å²) in [6.45, 7) is 1.69. The van der Waals surface area contributed by atoms with Gasteiger partial charge < -0.3 is 4.74 Å². The molecule has 0 aliphatic rings. The Labute approximate surface area is 195 Å². The van der Waals surface area contributed by atoms with Gasteiger partial charge in [-0.3, -0.25) is 14.9 Å². The highest BCUT2D eigenvalue weighted by molar-refractivity contribution is 9.10. The zero-order valence-electron chi connectivity index (χ0n) is 17.2. The van der Waals surface area contributed by atoms with Gasteiger partial charge in [0.1, 0.15) is 18.2 Å². The summed E-state index contributed by atoms with van der Waals surface area (Å²) in [6, 6.07) is 15.2. The minimum Gasteiger partial charge on any atom is -0.482 e. The predicted molar refractivity (Wildman–Crippen MR) is 125 cm³/mol. The standard InChI is InChI=1S/C23H16BrFN4O4/c1-14-27-20-8-5-17(24)11-19(20)23(30)28(14)26-12-16-4-9-22(21(10-16)29(31)32)33-13-15-2-6-18(25)7-3-15/h2-12H,13H2,1H3. The zero-order valence-corrected chi connectivity index (χ0v) is 18.8. The number of fused-ring (bicyclic) bond motifs is 1. The van der Waals surface area contributed by atoms with Crippen molar-refractivity contribution in [3.63, 3.8) is 0 Å². The molecule has 3 aromatic carbocycles. The molecule has 0 aliphatic heterocycles. The lowest BCUT2D eigenvalue weighted by molar-refractivity contribution is -0.385. The van der Waals surface area contributed by atoms with E-state index < -0.39 is 4.92 Å². The Morgan fingerprint density at radius 1 is 1.18 bits per heavy atom. The number of nitrogens with zero attached hydrogens (tertiary/aromatic N) is 4. The zero-order chi connectivity index (χ0) is 23.5. The van der Waals surface area contributed by atoms with Gasteiger partial charge in [-0.05, 0) is 55.0 Å². The molecule has 0 aliphatic carbocycles. The number of aryl methyl sites for hydroxylation is 1. The summed E-state index contributed by atoms with van der Waals surface area (Å²) >= 11 is 3.34. The lowest BCUT2D eigenvalue weighted by Crippen LogP contribution is -2.20. The summed E-state index contributed by atoms with van der Waals surface area (Å²) in [5.41, 5.74) is 0.998. The quantitative estimate of drug-likeness (QED) is 0.207. The Morgan fingerprint density at radius 2 is 1.94 bits per heavy atom. The average Bonchev–Trinajstić information content (AvgIpc) is 2.79. The van der Waals surface area contributed by atoms with Gasteiger partial charge in [0.25, 0.3) is 5.56 Å². The van der Waals surface area contributed by atoms with Crippen LogP contribution < -0.4 is 10.3 Å². The number of hydrogen-bond donors (Lipinski definition) is 0. The molecule has 0 unspecified atom stereocenters. The van der Waals surface area contributed by atoms with Gasteiger partial charge >= 0.3 is 5.69 Å². The maximum atomic E-state index is 13.0. The van der Waals surface area contributed by atoms with E-state index in [0.717, 1.165) is 9.15 Å². The molecule has 1 aromatic heterocycles. The van der Waals surface area contributed by atoms with Gasteiger partial charge in [-0.1, -0.05) is 28.1 Å². The molecule has 0 saturated heterocycles. The predicted octanol–water partition coefficient (Wildman–Crippen LogP) is 4.98. The largest absolute Gasteiger partial charge is 0.482 e. The minimum absolute atomic E-state index is 0.0431. The van der Waals surface area contributed by atoms with Crippen LogP contribution in [0.4, 0.5) is 10.1 Å². The lowest BCUT2D eigenvalue weighted by Gasteiger charge is -2.08. The fourth-order valence-corrected chi connectivity index (χ4v) is 3.50. The molecule has 166 valence electrons. The molecule has 1 heterocycles. The van der Waals surface area contributed by atoms with Crippen LogP contribution in [0.5, 0.6) is 5.75 Å². The molecule has 0 fully saturated rings. The molecule has 0 amide bonds. The second-order valence-corrected chi connectivity index (χ2v) is 8.00. The number of halogens is 2. The van der Waals surface area contributed by atoms with Gasteiger partial charge in [0.15, 0.2) is 5.75 Å². The van der Waals surface area contributed by atoms with E-state index in [2.05, 4.69) is 26.0 Å². The van der Waals surface area contributed by atoms with E-state index in [1.165, 1.54) is 30.5 Å². The summed E-state index contributed by atoms with van der Waals surface area (Å²) in [5, 5.41) is 16.1. The molecule has 0 atom stereocenters. The number of nitro groups is 1. The van der Waals surface area contributed by atoms with Crippen molar-refractivity contribution in [1.82, 2.24) is 9.66 Å². The second-order valence-electron chi connectivity index (χ2n) is 7.08. The first-order chi connectivity index (χ1) is 15.8.